The summed E-state index contributed by atoms with van der Waals surface area (Å²) in [6.07, 6.45) is 6.87. The maximum atomic E-state index is 3.28. The van der Waals surface area contributed by atoms with Crippen molar-refractivity contribution in [3.63, 3.8) is 0 Å². The van der Waals surface area contributed by atoms with Crippen molar-refractivity contribution < 1.29 is 0 Å². The van der Waals surface area contributed by atoms with Crippen LogP contribution in [0.1, 0.15) is 44.6 Å². The third-order valence-corrected chi connectivity index (χ3v) is 4.24. The molecule has 0 radical (unpaired) electrons. The number of benzene rings is 1. The highest BCUT2D eigenvalue weighted by atomic mass is 15.1. The smallest absolute Gasteiger partial charge is 0.0411 e. The predicted octanol–water partition coefficient (Wildman–Crippen LogP) is 3.81. The molecule has 1 unspecified atom stereocenters. The highest BCUT2D eigenvalue weighted by Crippen LogP contribution is 2.27. The molecule has 2 nitrogen and oxygen atoms in total. The number of hydrogen-bond acceptors (Lipinski definition) is 2. The molecule has 1 fully saturated rings. The summed E-state index contributed by atoms with van der Waals surface area (Å²) in [4.78, 5) is 2.60. The average molecular weight is 260 g/mol. The van der Waals surface area contributed by atoms with Gasteiger partial charge in [-0.3, -0.25) is 0 Å². The Morgan fingerprint density at radius 3 is 2.84 bits per heavy atom. The van der Waals surface area contributed by atoms with E-state index >= 15 is 0 Å². The Morgan fingerprint density at radius 1 is 1.21 bits per heavy atom. The van der Waals surface area contributed by atoms with Crippen molar-refractivity contribution in [3.8, 4) is 0 Å². The van der Waals surface area contributed by atoms with Gasteiger partial charge >= 0.3 is 0 Å². The molecule has 1 aromatic carbocycles. The molecular weight excluding hydrogens is 232 g/mol. The topological polar surface area (TPSA) is 15.3 Å². The first-order valence-corrected chi connectivity index (χ1v) is 7.82. The van der Waals surface area contributed by atoms with Crippen LogP contribution in [-0.4, -0.2) is 20.1 Å². The molecule has 0 spiro atoms. The van der Waals surface area contributed by atoms with Gasteiger partial charge in [0, 0.05) is 25.3 Å². The number of hydrogen-bond donors (Lipinski definition) is 1. The van der Waals surface area contributed by atoms with Gasteiger partial charge in [0.15, 0.2) is 0 Å². The minimum Gasteiger partial charge on any atom is -0.371 e. The minimum atomic E-state index is 0.950. The SMILES string of the molecule is CCCC1CCCN(c2ccccc2CNC)CC1. The highest BCUT2D eigenvalue weighted by molar-refractivity contribution is 5.53. The van der Waals surface area contributed by atoms with E-state index < -0.39 is 0 Å². The zero-order chi connectivity index (χ0) is 13.5. The first-order chi connectivity index (χ1) is 9.35. The lowest BCUT2D eigenvalue weighted by molar-refractivity contribution is 0.435. The zero-order valence-corrected chi connectivity index (χ0v) is 12.5. The Hall–Kier alpha value is -1.02. The van der Waals surface area contributed by atoms with E-state index in [9.17, 15) is 0 Å². The number of nitrogens with one attached hydrogen (secondary N) is 1. The van der Waals surface area contributed by atoms with Gasteiger partial charge in [0.05, 0.1) is 0 Å². The summed E-state index contributed by atoms with van der Waals surface area (Å²) in [6, 6.07) is 8.85. The zero-order valence-electron chi connectivity index (χ0n) is 12.5. The van der Waals surface area contributed by atoms with Gasteiger partial charge in [0.1, 0.15) is 0 Å². The van der Waals surface area contributed by atoms with Crippen LogP contribution in [0.3, 0.4) is 0 Å². The second kappa shape index (κ2) is 7.54. The molecule has 2 heteroatoms. The van der Waals surface area contributed by atoms with Crippen molar-refractivity contribution >= 4 is 5.69 Å². The van der Waals surface area contributed by atoms with Gasteiger partial charge in [0.25, 0.3) is 0 Å². The van der Waals surface area contributed by atoms with Gasteiger partial charge < -0.3 is 10.2 Å². The van der Waals surface area contributed by atoms with Crippen molar-refractivity contribution in [2.75, 3.05) is 25.0 Å². The normalized spacial score (nSPS) is 20.3. The lowest BCUT2D eigenvalue weighted by atomic mass is 9.96. The molecule has 0 saturated carbocycles. The summed E-state index contributed by atoms with van der Waals surface area (Å²) in [5.41, 5.74) is 2.87. The molecule has 1 aliphatic heterocycles. The van der Waals surface area contributed by atoms with Crippen LogP contribution in [-0.2, 0) is 6.54 Å². The Balaban J connectivity index is 2.05. The van der Waals surface area contributed by atoms with E-state index in [1.807, 2.05) is 7.05 Å². The van der Waals surface area contributed by atoms with Crippen LogP contribution in [0.25, 0.3) is 0 Å². The highest BCUT2D eigenvalue weighted by Gasteiger charge is 2.18. The molecule has 2 rings (SSSR count). The maximum absolute atomic E-state index is 3.28. The third-order valence-electron chi connectivity index (χ3n) is 4.24. The van der Waals surface area contributed by atoms with Crippen LogP contribution < -0.4 is 10.2 Å². The van der Waals surface area contributed by atoms with Crippen molar-refractivity contribution in [1.29, 1.82) is 0 Å². The molecule has 106 valence electrons. The molecule has 1 atom stereocenters. The molecule has 0 aromatic heterocycles. The molecule has 1 N–H and O–H groups in total. The van der Waals surface area contributed by atoms with Gasteiger partial charge in [-0.1, -0.05) is 38.0 Å². The van der Waals surface area contributed by atoms with E-state index in [-0.39, 0.29) is 0 Å². The molecular formula is C17H28N2. The second-order valence-electron chi connectivity index (χ2n) is 5.73. The number of para-hydroxylation sites is 1. The van der Waals surface area contributed by atoms with Crippen molar-refractivity contribution in [2.45, 2.75) is 45.6 Å². The van der Waals surface area contributed by atoms with Crippen molar-refractivity contribution in [1.82, 2.24) is 5.32 Å². The Labute approximate surface area is 118 Å². The number of rotatable bonds is 5. The summed E-state index contributed by atoms with van der Waals surface area (Å²) in [5, 5.41) is 3.28. The van der Waals surface area contributed by atoms with Crippen LogP contribution in [0.2, 0.25) is 0 Å². The fourth-order valence-electron chi connectivity index (χ4n) is 3.26. The van der Waals surface area contributed by atoms with Crippen LogP contribution in [0.5, 0.6) is 0 Å². The predicted molar refractivity (Wildman–Crippen MR) is 83.7 cm³/mol. The summed E-state index contributed by atoms with van der Waals surface area (Å²) in [5.74, 6) is 0.950. The lowest BCUT2D eigenvalue weighted by Gasteiger charge is -2.25. The van der Waals surface area contributed by atoms with E-state index in [1.165, 1.54) is 56.4 Å². The lowest BCUT2D eigenvalue weighted by Crippen LogP contribution is -2.26. The Kier molecular flexibility index (Phi) is 5.71. The van der Waals surface area contributed by atoms with E-state index in [2.05, 4.69) is 41.4 Å². The molecule has 0 amide bonds. The molecule has 19 heavy (non-hydrogen) atoms. The largest absolute Gasteiger partial charge is 0.371 e. The van der Waals surface area contributed by atoms with Gasteiger partial charge in [-0.2, -0.15) is 0 Å². The van der Waals surface area contributed by atoms with E-state index in [0.717, 1.165) is 12.5 Å². The molecule has 1 aromatic rings. The molecule has 1 heterocycles. The molecule has 1 aliphatic rings. The van der Waals surface area contributed by atoms with Crippen LogP contribution in [0.4, 0.5) is 5.69 Å². The fraction of sp³-hybridized carbons (Fsp3) is 0.647. The number of nitrogens with zero attached hydrogens (tertiary/aromatic N) is 1. The first-order valence-electron chi connectivity index (χ1n) is 7.82. The summed E-state index contributed by atoms with van der Waals surface area (Å²) in [6.45, 7) is 5.72. The van der Waals surface area contributed by atoms with Gasteiger partial charge in [0.2, 0.25) is 0 Å². The maximum Gasteiger partial charge on any atom is 0.0411 e. The van der Waals surface area contributed by atoms with E-state index in [4.69, 9.17) is 0 Å². The second-order valence-corrected chi connectivity index (χ2v) is 5.73. The van der Waals surface area contributed by atoms with Crippen molar-refractivity contribution in [2.24, 2.45) is 5.92 Å². The number of anilines is 1. The third kappa shape index (κ3) is 3.97. The minimum absolute atomic E-state index is 0.950. The standard InChI is InChI=1S/C17H28N2/c1-3-7-15-8-6-12-19(13-11-15)17-10-5-4-9-16(17)14-18-2/h4-5,9-10,15,18H,3,6-8,11-14H2,1-2H3. The van der Waals surface area contributed by atoms with Crippen LogP contribution >= 0.6 is 0 Å². The van der Waals surface area contributed by atoms with E-state index in [1.54, 1.807) is 0 Å². The summed E-state index contributed by atoms with van der Waals surface area (Å²) < 4.78 is 0. The molecule has 1 saturated heterocycles. The Bertz CT molecular complexity index is 375. The van der Waals surface area contributed by atoms with Crippen LogP contribution in [0, 0.1) is 5.92 Å². The molecule has 0 bridgehead atoms. The quantitative estimate of drug-likeness (QED) is 0.866. The van der Waals surface area contributed by atoms with Gasteiger partial charge in [-0.05, 0) is 43.9 Å². The Morgan fingerprint density at radius 2 is 2.05 bits per heavy atom. The van der Waals surface area contributed by atoms with E-state index in [0.29, 0.717) is 0 Å². The first kappa shape index (κ1) is 14.4. The van der Waals surface area contributed by atoms with Gasteiger partial charge in [-0.15, -0.1) is 0 Å². The summed E-state index contributed by atoms with van der Waals surface area (Å²) >= 11 is 0. The molecule has 0 aliphatic carbocycles. The average Bonchev–Trinajstić information content (AvgIpc) is 2.66. The monoisotopic (exact) mass is 260 g/mol. The fourth-order valence-corrected chi connectivity index (χ4v) is 3.26. The van der Waals surface area contributed by atoms with Gasteiger partial charge in [-0.25, -0.2) is 0 Å². The van der Waals surface area contributed by atoms with Crippen molar-refractivity contribution in [3.05, 3.63) is 29.8 Å². The van der Waals surface area contributed by atoms with Crippen LogP contribution in [0.15, 0.2) is 24.3 Å². The summed E-state index contributed by atoms with van der Waals surface area (Å²) in [7, 11) is 2.02.